The highest BCUT2D eigenvalue weighted by molar-refractivity contribution is 9.10. The first kappa shape index (κ1) is 11.3. The molecule has 0 aliphatic heterocycles. The van der Waals surface area contributed by atoms with Gasteiger partial charge in [0.05, 0.1) is 10.6 Å². The molecule has 1 rings (SSSR count). The van der Waals surface area contributed by atoms with E-state index in [1.54, 1.807) is 19.2 Å². The van der Waals surface area contributed by atoms with Crippen LogP contribution in [0.5, 0.6) is 0 Å². The molecule has 0 aliphatic carbocycles. The van der Waals surface area contributed by atoms with Crippen molar-refractivity contribution in [3.8, 4) is 0 Å². The van der Waals surface area contributed by atoms with E-state index in [0.29, 0.717) is 23.1 Å². The normalized spacial score (nSPS) is 12.8. The summed E-state index contributed by atoms with van der Waals surface area (Å²) in [5, 5.41) is 9.08. The monoisotopic (exact) mass is 260 g/mol. The zero-order chi connectivity index (χ0) is 10.7. The van der Waals surface area contributed by atoms with Gasteiger partial charge in [0.25, 0.3) is 5.56 Å². The van der Waals surface area contributed by atoms with Crippen LogP contribution in [-0.4, -0.2) is 15.8 Å². The number of aryl methyl sites for hydroxylation is 1. The SMILES string of the molecule is CC(O)CCn1cc(N)cc(Br)c1=O. The van der Waals surface area contributed by atoms with Gasteiger partial charge >= 0.3 is 0 Å². The number of nitrogen functional groups attached to an aromatic ring is 1. The van der Waals surface area contributed by atoms with Crippen LogP contribution in [0.3, 0.4) is 0 Å². The zero-order valence-electron chi connectivity index (χ0n) is 7.90. The van der Waals surface area contributed by atoms with Gasteiger partial charge in [-0.2, -0.15) is 0 Å². The van der Waals surface area contributed by atoms with E-state index in [1.807, 2.05) is 0 Å². The third-order valence-corrected chi connectivity index (χ3v) is 2.42. The number of hydrogen-bond donors (Lipinski definition) is 2. The fourth-order valence-electron chi connectivity index (χ4n) is 1.11. The van der Waals surface area contributed by atoms with Crippen LogP contribution in [0.4, 0.5) is 5.69 Å². The molecular weight excluding hydrogens is 248 g/mol. The lowest BCUT2D eigenvalue weighted by atomic mass is 10.3. The first-order chi connectivity index (χ1) is 6.50. The summed E-state index contributed by atoms with van der Waals surface area (Å²) < 4.78 is 1.94. The van der Waals surface area contributed by atoms with Crippen LogP contribution in [0.1, 0.15) is 13.3 Å². The highest BCUT2D eigenvalue weighted by Gasteiger charge is 2.03. The van der Waals surface area contributed by atoms with E-state index in [-0.39, 0.29) is 5.56 Å². The molecule has 0 saturated carbocycles. The number of pyridine rings is 1. The maximum Gasteiger partial charge on any atom is 0.264 e. The Balaban J connectivity index is 2.91. The van der Waals surface area contributed by atoms with Crippen LogP contribution in [-0.2, 0) is 6.54 Å². The van der Waals surface area contributed by atoms with Crippen LogP contribution in [0.15, 0.2) is 21.5 Å². The van der Waals surface area contributed by atoms with Crippen molar-refractivity contribution in [1.82, 2.24) is 4.57 Å². The molecular formula is C9H13BrN2O2. The number of hydrogen-bond acceptors (Lipinski definition) is 3. The molecule has 1 aromatic rings. The van der Waals surface area contributed by atoms with Crippen molar-refractivity contribution in [3.63, 3.8) is 0 Å². The van der Waals surface area contributed by atoms with Crippen LogP contribution in [0, 0.1) is 0 Å². The van der Waals surface area contributed by atoms with Crippen molar-refractivity contribution in [1.29, 1.82) is 0 Å². The molecule has 0 spiro atoms. The number of nitrogens with two attached hydrogens (primary N) is 1. The molecule has 78 valence electrons. The minimum absolute atomic E-state index is 0.125. The van der Waals surface area contributed by atoms with Crippen molar-refractivity contribution < 1.29 is 5.11 Å². The average Bonchev–Trinajstić information content (AvgIpc) is 2.08. The second kappa shape index (κ2) is 4.61. The van der Waals surface area contributed by atoms with Crippen LogP contribution in [0.25, 0.3) is 0 Å². The number of halogens is 1. The van der Waals surface area contributed by atoms with Gasteiger partial charge < -0.3 is 15.4 Å². The van der Waals surface area contributed by atoms with Gasteiger partial charge in [-0.15, -0.1) is 0 Å². The van der Waals surface area contributed by atoms with Gasteiger partial charge in [0.2, 0.25) is 0 Å². The Labute approximate surface area is 90.5 Å². The largest absolute Gasteiger partial charge is 0.398 e. The Morgan fingerprint density at radius 1 is 1.71 bits per heavy atom. The predicted octanol–water partition coefficient (Wildman–Crippen LogP) is 0.964. The highest BCUT2D eigenvalue weighted by Crippen LogP contribution is 2.08. The van der Waals surface area contributed by atoms with E-state index in [4.69, 9.17) is 10.8 Å². The summed E-state index contributed by atoms with van der Waals surface area (Å²) in [6, 6.07) is 1.57. The second-order valence-electron chi connectivity index (χ2n) is 3.26. The Morgan fingerprint density at radius 3 is 2.93 bits per heavy atom. The molecule has 1 aromatic heterocycles. The first-order valence-corrected chi connectivity index (χ1v) is 5.13. The number of aliphatic hydroxyl groups excluding tert-OH is 1. The Bertz CT molecular complexity index is 374. The van der Waals surface area contributed by atoms with Gasteiger partial charge in [-0.1, -0.05) is 0 Å². The lowest BCUT2D eigenvalue weighted by Crippen LogP contribution is -2.22. The van der Waals surface area contributed by atoms with Crippen molar-refractivity contribution in [2.75, 3.05) is 5.73 Å². The van der Waals surface area contributed by atoms with Crippen molar-refractivity contribution in [2.45, 2.75) is 26.0 Å². The summed E-state index contributed by atoms with van der Waals surface area (Å²) in [6.45, 7) is 2.16. The maximum atomic E-state index is 11.5. The molecule has 0 aliphatic rings. The van der Waals surface area contributed by atoms with Gasteiger partial charge in [0.15, 0.2) is 0 Å². The van der Waals surface area contributed by atoms with Crippen molar-refractivity contribution in [3.05, 3.63) is 27.1 Å². The lowest BCUT2D eigenvalue weighted by molar-refractivity contribution is 0.177. The lowest BCUT2D eigenvalue weighted by Gasteiger charge is -2.08. The average molecular weight is 261 g/mol. The first-order valence-electron chi connectivity index (χ1n) is 4.34. The van der Waals surface area contributed by atoms with Crippen molar-refractivity contribution in [2.24, 2.45) is 0 Å². The topological polar surface area (TPSA) is 68.2 Å². The van der Waals surface area contributed by atoms with Gasteiger partial charge in [0, 0.05) is 18.4 Å². The van der Waals surface area contributed by atoms with Crippen molar-refractivity contribution >= 4 is 21.6 Å². The smallest absolute Gasteiger partial charge is 0.264 e. The van der Waals surface area contributed by atoms with Gasteiger partial charge in [-0.25, -0.2) is 0 Å². The van der Waals surface area contributed by atoms with Crippen LogP contribution >= 0.6 is 15.9 Å². The molecule has 14 heavy (non-hydrogen) atoms. The fraction of sp³-hybridized carbons (Fsp3) is 0.444. The number of aromatic nitrogens is 1. The van der Waals surface area contributed by atoms with Crippen LogP contribution in [0.2, 0.25) is 0 Å². The molecule has 0 fully saturated rings. The van der Waals surface area contributed by atoms with Crippen LogP contribution < -0.4 is 11.3 Å². The summed E-state index contributed by atoms with van der Waals surface area (Å²) >= 11 is 3.13. The zero-order valence-corrected chi connectivity index (χ0v) is 9.49. The Hall–Kier alpha value is -0.810. The van der Waals surface area contributed by atoms with E-state index in [9.17, 15) is 4.79 Å². The van der Waals surface area contributed by atoms with E-state index in [2.05, 4.69) is 15.9 Å². The highest BCUT2D eigenvalue weighted by atomic mass is 79.9. The molecule has 1 heterocycles. The van der Waals surface area contributed by atoms with E-state index in [1.165, 1.54) is 4.57 Å². The summed E-state index contributed by atoms with van der Waals surface area (Å²) in [7, 11) is 0. The molecule has 0 bridgehead atoms. The molecule has 3 N–H and O–H groups in total. The molecule has 0 amide bonds. The quantitative estimate of drug-likeness (QED) is 0.851. The second-order valence-corrected chi connectivity index (χ2v) is 4.11. The van der Waals surface area contributed by atoms with Gasteiger partial charge in [-0.3, -0.25) is 4.79 Å². The summed E-state index contributed by atoms with van der Waals surface area (Å²) in [5.41, 5.74) is 5.99. The van der Waals surface area contributed by atoms with E-state index in [0.717, 1.165) is 0 Å². The standard InChI is InChI=1S/C9H13BrN2O2/c1-6(13)2-3-12-5-7(11)4-8(10)9(12)14/h4-6,13H,2-3,11H2,1H3. The predicted molar refractivity (Wildman–Crippen MR) is 59.1 cm³/mol. The third kappa shape index (κ3) is 2.85. The molecule has 0 radical (unpaired) electrons. The number of anilines is 1. The molecule has 0 aromatic carbocycles. The molecule has 4 nitrogen and oxygen atoms in total. The molecule has 1 unspecified atom stereocenters. The Morgan fingerprint density at radius 2 is 2.36 bits per heavy atom. The summed E-state index contributed by atoms with van der Waals surface area (Å²) in [6.07, 6.45) is 1.70. The molecule has 0 saturated heterocycles. The fourth-order valence-corrected chi connectivity index (χ4v) is 1.61. The maximum absolute atomic E-state index is 11.5. The number of aliphatic hydroxyl groups is 1. The number of rotatable bonds is 3. The van der Waals surface area contributed by atoms with E-state index < -0.39 is 6.10 Å². The summed E-state index contributed by atoms with van der Waals surface area (Å²) in [4.78, 5) is 11.5. The summed E-state index contributed by atoms with van der Waals surface area (Å²) in [5.74, 6) is 0. The molecule has 1 atom stereocenters. The third-order valence-electron chi connectivity index (χ3n) is 1.85. The minimum atomic E-state index is -0.415. The molecule has 5 heteroatoms. The van der Waals surface area contributed by atoms with E-state index >= 15 is 0 Å². The van der Waals surface area contributed by atoms with Gasteiger partial charge in [-0.05, 0) is 35.3 Å². The number of nitrogens with zero attached hydrogens (tertiary/aromatic N) is 1. The Kier molecular flexibility index (Phi) is 3.71. The minimum Gasteiger partial charge on any atom is -0.398 e. The van der Waals surface area contributed by atoms with Gasteiger partial charge in [0.1, 0.15) is 0 Å².